The Bertz CT molecular complexity index is 3710. The van der Waals surface area contributed by atoms with E-state index < -0.39 is 5.41 Å². The Hall–Kier alpha value is -7.28. The topological polar surface area (TPSA) is 0 Å². The summed E-state index contributed by atoms with van der Waals surface area (Å²) in [7, 11) is 0. The van der Waals surface area contributed by atoms with Crippen LogP contribution in [0.25, 0.3) is 109 Å². The maximum absolute atomic E-state index is 2.56. The molecule has 0 unspecified atom stereocenters. The predicted octanol–water partition coefficient (Wildman–Crippen LogP) is 17.8. The van der Waals surface area contributed by atoms with Gasteiger partial charge in [-0.1, -0.05) is 211 Å². The van der Waals surface area contributed by atoms with Crippen LogP contribution in [0.1, 0.15) is 74.9 Å². The van der Waals surface area contributed by atoms with Crippen LogP contribution in [0.5, 0.6) is 0 Å². The van der Waals surface area contributed by atoms with Gasteiger partial charge in [0.15, 0.2) is 0 Å². The highest BCUT2D eigenvalue weighted by atomic mass is 14.5. The molecular weight excluding hydrogens is 781 g/mol. The van der Waals surface area contributed by atoms with E-state index in [4.69, 9.17) is 0 Å². The van der Waals surface area contributed by atoms with Gasteiger partial charge in [-0.25, -0.2) is 0 Å². The van der Waals surface area contributed by atoms with Crippen molar-refractivity contribution in [2.45, 2.75) is 57.8 Å². The van der Waals surface area contributed by atoms with Crippen LogP contribution in [0.3, 0.4) is 0 Å². The van der Waals surface area contributed by atoms with Crippen LogP contribution in [0.4, 0.5) is 0 Å². The van der Waals surface area contributed by atoms with E-state index in [1.165, 1.54) is 143 Å². The first-order valence-corrected chi connectivity index (χ1v) is 23.4. The molecule has 0 saturated heterocycles. The molecule has 308 valence electrons. The lowest BCUT2D eigenvalue weighted by Crippen LogP contribution is -2.26. The van der Waals surface area contributed by atoms with Crippen LogP contribution < -0.4 is 0 Å². The number of hydrogen-bond donors (Lipinski definition) is 0. The highest BCUT2D eigenvalue weighted by molar-refractivity contribution is 6.27. The van der Waals surface area contributed by atoms with Crippen molar-refractivity contribution in [1.29, 1.82) is 0 Å². The standard InChI is InChI=1S/C65H48/c1-63(2,3)45-31-41-17-15-37-19-25-47(53-29-23-43(33-45)59(41)61(37)53)39-21-27-51-52-28-22-40(36-58(52)65(57(51)35-39)55-13-9-7-11-49(55)50-12-8-10-14-56(50)65)48-26-20-38-16-18-42-32-46(64(4,5)6)34-44-24-30-54(48)62(38)60(42)44/h7-36H,1-6H3. The van der Waals surface area contributed by atoms with Gasteiger partial charge in [0.2, 0.25) is 0 Å². The van der Waals surface area contributed by atoms with E-state index in [9.17, 15) is 0 Å². The summed E-state index contributed by atoms with van der Waals surface area (Å²) in [5, 5.41) is 16.0. The van der Waals surface area contributed by atoms with Crippen LogP contribution in [-0.2, 0) is 16.2 Å². The summed E-state index contributed by atoms with van der Waals surface area (Å²) in [6.45, 7) is 13.9. The number of rotatable bonds is 2. The Morgan fingerprint density at radius 1 is 0.277 bits per heavy atom. The molecule has 2 aliphatic rings. The maximum atomic E-state index is 2.56. The molecule has 1 spiro atoms. The van der Waals surface area contributed by atoms with Gasteiger partial charge in [0.1, 0.15) is 0 Å². The third kappa shape index (κ3) is 4.87. The Morgan fingerprint density at radius 3 is 1.03 bits per heavy atom. The molecule has 0 bridgehead atoms. The molecule has 0 aliphatic heterocycles. The van der Waals surface area contributed by atoms with Gasteiger partial charge < -0.3 is 0 Å². The molecule has 0 nitrogen and oxygen atoms in total. The molecule has 65 heavy (non-hydrogen) atoms. The molecule has 2 aliphatic carbocycles. The van der Waals surface area contributed by atoms with E-state index in [1.54, 1.807) is 0 Å². The third-order valence-electron chi connectivity index (χ3n) is 15.6. The highest BCUT2D eigenvalue weighted by Crippen LogP contribution is 2.64. The van der Waals surface area contributed by atoms with Gasteiger partial charge in [-0.15, -0.1) is 0 Å². The molecule has 12 aromatic rings. The summed E-state index contributed by atoms with van der Waals surface area (Å²) in [5.41, 5.74) is 18.3. The minimum atomic E-state index is -0.482. The van der Waals surface area contributed by atoms with Crippen molar-refractivity contribution in [3.63, 3.8) is 0 Å². The summed E-state index contributed by atoms with van der Waals surface area (Å²) in [4.78, 5) is 0. The smallest absolute Gasteiger partial charge is 0.0619 e. The summed E-state index contributed by atoms with van der Waals surface area (Å²) >= 11 is 0. The lowest BCUT2D eigenvalue weighted by Gasteiger charge is -2.31. The molecule has 0 atom stereocenters. The van der Waals surface area contributed by atoms with Crippen molar-refractivity contribution in [3.05, 3.63) is 215 Å². The molecule has 12 aromatic carbocycles. The van der Waals surface area contributed by atoms with Crippen molar-refractivity contribution in [3.8, 4) is 44.5 Å². The van der Waals surface area contributed by atoms with Crippen LogP contribution in [0.15, 0.2) is 182 Å². The Labute approximate surface area is 380 Å². The largest absolute Gasteiger partial charge is 0.0725 e. The lowest BCUT2D eigenvalue weighted by atomic mass is 9.70. The normalized spacial score (nSPS) is 14.1. The zero-order chi connectivity index (χ0) is 43.7. The van der Waals surface area contributed by atoms with Gasteiger partial charge >= 0.3 is 0 Å². The molecule has 0 heterocycles. The van der Waals surface area contributed by atoms with Gasteiger partial charge in [-0.2, -0.15) is 0 Å². The zero-order valence-electron chi connectivity index (χ0n) is 37.8. The van der Waals surface area contributed by atoms with Crippen molar-refractivity contribution >= 4 is 64.6 Å². The van der Waals surface area contributed by atoms with E-state index in [2.05, 4.69) is 224 Å². The fourth-order valence-electron chi connectivity index (χ4n) is 12.5. The van der Waals surface area contributed by atoms with E-state index in [-0.39, 0.29) is 10.8 Å². The SMILES string of the molecule is CC(C)(C)c1cc2ccc3ccc(-c4ccc5c(c4)C4(c6ccccc6-c6ccccc64)c4cc(-c6ccc7ccc8cc(C(C)(C)C)cc9ccc6c7c89)ccc4-5)c4ccc(c1)c2c34. The van der Waals surface area contributed by atoms with Gasteiger partial charge in [0, 0.05) is 0 Å². The monoisotopic (exact) mass is 828 g/mol. The van der Waals surface area contributed by atoms with Crippen molar-refractivity contribution < 1.29 is 0 Å². The van der Waals surface area contributed by atoms with Crippen LogP contribution >= 0.6 is 0 Å². The van der Waals surface area contributed by atoms with E-state index >= 15 is 0 Å². The van der Waals surface area contributed by atoms with Crippen LogP contribution in [-0.4, -0.2) is 0 Å². The van der Waals surface area contributed by atoms with E-state index in [1.807, 2.05) is 0 Å². The Kier molecular flexibility index (Phi) is 7.14. The molecule has 14 rings (SSSR count). The fraction of sp³-hybridized carbons (Fsp3) is 0.138. The predicted molar refractivity (Wildman–Crippen MR) is 278 cm³/mol. The van der Waals surface area contributed by atoms with E-state index in [0.29, 0.717) is 0 Å². The Morgan fingerprint density at radius 2 is 0.615 bits per heavy atom. The average molecular weight is 829 g/mol. The minimum absolute atomic E-state index is 0.0739. The molecule has 0 radical (unpaired) electrons. The molecule has 0 amide bonds. The first-order valence-electron chi connectivity index (χ1n) is 23.4. The first kappa shape index (κ1) is 37.1. The molecular formula is C65H48. The molecule has 0 saturated carbocycles. The first-order chi connectivity index (χ1) is 31.5. The quantitative estimate of drug-likeness (QED) is 0.152. The lowest BCUT2D eigenvalue weighted by molar-refractivity contribution is 0.591. The molecule has 0 fully saturated rings. The molecule has 0 heteroatoms. The number of hydrogen-bond acceptors (Lipinski definition) is 0. The van der Waals surface area contributed by atoms with Gasteiger partial charge in [0.25, 0.3) is 0 Å². The Balaban J connectivity index is 1.01. The number of fused-ring (bicyclic) bond motifs is 10. The van der Waals surface area contributed by atoms with Crippen molar-refractivity contribution in [2.24, 2.45) is 0 Å². The minimum Gasteiger partial charge on any atom is -0.0619 e. The maximum Gasteiger partial charge on any atom is 0.0725 e. The number of benzene rings is 12. The van der Waals surface area contributed by atoms with Gasteiger partial charge in [-0.05, 0) is 165 Å². The zero-order valence-corrected chi connectivity index (χ0v) is 37.8. The van der Waals surface area contributed by atoms with E-state index in [0.717, 1.165) is 0 Å². The highest BCUT2D eigenvalue weighted by Gasteiger charge is 2.51. The molecule has 0 N–H and O–H groups in total. The molecule has 0 aromatic heterocycles. The summed E-state index contributed by atoms with van der Waals surface area (Å²) < 4.78 is 0. The van der Waals surface area contributed by atoms with Crippen molar-refractivity contribution in [2.75, 3.05) is 0 Å². The van der Waals surface area contributed by atoms with Crippen LogP contribution in [0, 0.1) is 0 Å². The second kappa shape index (κ2) is 12.5. The average Bonchev–Trinajstić information content (AvgIpc) is 3.78. The summed E-state index contributed by atoms with van der Waals surface area (Å²) in [6.07, 6.45) is 0. The van der Waals surface area contributed by atoms with Crippen molar-refractivity contribution in [1.82, 2.24) is 0 Å². The third-order valence-corrected chi connectivity index (χ3v) is 15.6. The summed E-state index contributed by atoms with van der Waals surface area (Å²) in [6, 6.07) is 71.0. The summed E-state index contributed by atoms with van der Waals surface area (Å²) in [5.74, 6) is 0. The van der Waals surface area contributed by atoms with Crippen LogP contribution in [0.2, 0.25) is 0 Å². The fourth-order valence-corrected chi connectivity index (χ4v) is 12.5. The van der Waals surface area contributed by atoms with Gasteiger partial charge in [0.05, 0.1) is 5.41 Å². The second-order valence-electron chi connectivity index (χ2n) is 21.2. The second-order valence-corrected chi connectivity index (χ2v) is 21.2. The van der Waals surface area contributed by atoms with Gasteiger partial charge in [-0.3, -0.25) is 0 Å².